The lowest BCUT2D eigenvalue weighted by molar-refractivity contribution is -0.111. The molecule has 0 spiro atoms. The van der Waals surface area contributed by atoms with Crippen molar-refractivity contribution in [2.75, 3.05) is 10.2 Å². The second kappa shape index (κ2) is 11.9. The Morgan fingerprint density at radius 3 is 1.83 bits per heavy atom. The Balaban J connectivity index is 1.15. The van der Waals surface area contributed by atoms with Crippen molar-refractivity contribution < 1.29 is 24.0 Å². The van der Waals surface area contributed by atoms with Crippen LogP contribution in [0.4, 0.5) is 11.4 Å². The van der Waals surface area contributed by atoms with Crippen LogP contribution in [0.5, 0.6) is 0 Å². The fourth-order valence-electron chi connectivity index (χ4n) is 5.86. The van der Waals surface area contributed by atoms with Gasteiger partial charge in [0.1, 0.15) is 0 Å². The van der Waals surface area contributed by atoms with Gasteiger partial charge in [0.2, 0.25) is 5.91 Å². The van der Waals surface area contributed by atoms with E-state index in [0.717, 1.165) is 16.9 Å². The van der Waals surface area contributed by atoms with E-state index in [-0.39, 0.29) is 40.3 Å². The van der Waals surface area contributed by atoms with Crippen molar-refractivity contribution in [1.29, 1.82) is 0 Å². The van der Waals surface area contributed by atoms with Crippen LogP contribution in [-0.2, 0) is 10.2 Å². The molecule has 0 atom stereocenters. The predicted octanol–water partition coefficient (Wildman–Crippen LogP) is 7.50. The van der Waals surface area contributed by atoms with Gasteiger partial charge in [-0.15, -0.1) is 0 Å². The molecule has 0 radical (unpaired) electrons. The number of nitrogens with one attached hydrogen (secondary N) is 1. The van der Waals surface area contributed by atoms with Gasteiger partial charge in [0.05, 0.1) is 27.9 Å². The third-order valence-corrected chi connectivity index (χ3v) is 9.05. The van der Waals surface area contributed by atoms with Gasteiger partial charge in [-0.25, -0.2) is 4.90 Å². The molecule has 2 heterocycles. The highest BCUT2D eigenvalue weighted by atomic mass is 16.2. The first-order valence-corrected chi connectivity index (χ1v) is 15.6. The number of amides is 5. The molecule has 0 fully saturated rings. The summed E-state index contributed by atoms with van der Waals surface area (Å²) in [6, 6.07) is 24.4. The first-order chi connectivity index (χ1) is 22.4. The van der Waals surface area contributed by atoms with Crippen LogP contribution < -0.4 is 10.2 Å². The molecule has 0 aromatic heterocycles. The minimum atomic E-state index is -0.474. The summed E-state index contributed by atoms with van der Waals surface area (Å²) in [6.45, 7) is 10.1. The Bertz CT molecular complexity index is 1990. The molecule has 236 valence electrons. The monoisotopic (exact) mass is 625 g/mol. The molecule has 6 rings (SSSR count). The van der Waals surface area contributed by atoms with Crippen molar-refractivity contribution in [2.24, 2.45) is 0 Å². The number of anilines is 2. The molecule has 8 nitrogen and oxygen atoms in total. The highest BCUT2D eigenvalue weighted by Gasteiger charge is 2.39. The van der Waals surface area contributed by atoms with E-state index in [9.17, 15) is 24.0 Å². The van der Waals surface area contributed by atoms with Gasteiger partial charge in [0.15, 0.2) is 0 Å². The fourth-order valence-corrected chi connectivity index (χ4v) is 5.86. The minimum absolute atomic E-state index is 0.0900. The van der Waals surface area contributed by atoms with Gasteiger partial charge in [-0.2, -0.15) is 0 Å². The van der Waals surface area contributed by atoms with E-state index in [0.29, 0.717) is 33.6 Å². The predicted molar refractivity (Wildman–Crippen MR) is 183 cm³/mol. The van der Waals surface area contributed by atoms with Crippen LogP contribution in [0.3, 0.4) is 0 Å². The molecule has 5 amide bonds. The smallest absolute Gasteiger partial charge is 0.266 e. The van der Waals surface area contributed by atoms with Gasteiger partial charge in [-0.05, 0) is 103 Å². The lowest BCUT2D eigenvalue weighted by Gasteiger charge is -2.23. The molecule has 0 saturated heterocycles. The summed E-state index contributed by atoms with van der Waals surface area (Å²) < 4.78 is 0. The Labute approximate surface area is 273 Å². The number of imide groups is 2. The van der Waals surface area contributed by atoms with Crippen LogP contribution >= 0.6 is 0 Å². The Hall–Kier alpha value is -5.63. The number of hydrogen-bond acceptors (Lipinski definition) is 5. The first kappa shape index (κ1) is 31.4. The van der Waals surface area contributed by atoms with Crippen molar-refractivity contribution >= 4 is 47.0 Å². The normalized spacial score (nSPS) is 14.4. The van der Waals surface area contributed by atoms with E-state index in [2.05, 4.69) is 38.2 Å². The lowest BCUT2D eigenvalue weighted by atomic mass is 9.82. The van der Waals surface area contributed by atoms with Crippen LogP contribution in [0.25, 0.3) is 17.2 Å². The van der Waals surface area contributed by atoms with Crippen LogP contribution in [0.15, 0.2) is 91.0 Å². The largest absolute Gasteiger partial charge is 0.323 e. The fraction of sp³-hybridized carbons (Fsp3) is 0.205. The number of hydrogen-bond donors (Lipinski definition) is 1. The van der Waals surface area contributed by atoms with Gasteiger partial charge in [0.25, 0.3) is 23.6 Å². The molecular formula is C39H35N3O5. The zero-order chi connectivity index (χ0) is 33.6. The summed E-state index contributed by atoms with van der Waals surface area (Å²) in [5.74, 6) is -1.91. The molecule has 8 heteroatoms. The zero-order valence-corrected chi connectivity index (χ0v) is 27.0. The van der Waals surface area contributed by atoms with Gasteiger partial charge in [-0.1, -0.05) is 57.2 Å². The average Bonchev–Trinajstić information content (AvgIpc) is 3.47. The summed E-state index contributed by atoms with van der Waals surface area (Å²) >= 11 is 0. The third-order valence-electron chi connectivity index (χ3n) is 9.05. The lowest BCUT2D eigenvalue weighted by Crippen LogP contribution is -2.35. The zero-order valence-electron chi connectivity index (χ0n) is 27.0. The molecular weight excluding hydrogens is 590 g/mol. The number of carbonyl (C=O) groups excluding carboxylic acids is 5. The summed E-state index contributed by atoms with van der Waals surface area (Å²) in [4.78, 5) is 67.3. The van der Waals surface area contributed by atoms with Gasteiger partial charge < -0.3 is 5.32 Å². The molecule has 4 aromatic rings. The maximum absolute atomic E-state index is 13.5. The molecule has 0 saturated carbocycles. The molecule has 0 unspecified atom stereocenters. The second-order valence-corrected chi connectivity index (χ2v) is 12.8. The number of rotatable bonds is 8. The van der Waals surface area contributed by atoms with E-state index in [1.54, 1.807) is 80.6 Å². The van der Waals surface area contributed by atoms with Crippen LogP contribution in [0.2, 0.25) is 0 Å². The number of nitrogens with zero attached hydrogens (tertiary/aromatic N) is 2. The molecule has 0 aliphatic carbocycles. The minimum Gasteiger partial charge on any atom is -0.323 e. The highest BCUT2D eigenvalue weighted by Crippen LogP contribution is 2.34. The molecule has 4 aromatic carbocycles. The number of carbonyl (C=O) groups is 5. The first-order valence-electron chi connectivity index (χ1n) is 15.6. The number of fused-ring (bicyclic) bond motifs is 2. The van der Waals surface area contributed by atoms with Crippen LogP contribution in [0, 0.1) is 0 Å². The van der Waals surface area contributed by atoms with Gasteiger partial charge >= 0.3 is 0 Å². The third kappa shape index (κ3) is 5.67. The summed E-state index contributed by atoms with van der Waals surface area (Å²) in [7, 11) is 0. The molecule has 2 aliphatic heterocycles. The Morgan fingerprint density at radius 2 is 1.26 bits per heavy atom. The van der Waals surface area contributed by atoms with E-state index in [4.69, 9.17) is 0 Å². The van der Waals surface area contributed by atoms with Crippen LogP contribution in [0.1, 0.15) is 93.6 Å². The molecule has 1 N–H and O–H groups in total. The van der Waals surface area contributed by atoms with E-state index >= 15 is 0 Å². The van der Waals surface area contributed by atoms with Crippen molar-refractivity contribution in [2.45, 2.75) is 52.5 Å². The quantitative estimate of drug-likeness (QED) is 0.161. The molecule has 2 aliphatic rings. The highest BCUT2D eigenvalue weighted by molar-refractivity contribution is 6.34. The summed E-state index contributed by atoms with van der Waals surface area (Å²) in [5, 5.41) is 2.81. The Morgan fingerprint density at radius 1 is 0.723 bits per heavy atom. The van der Waals surface area contributed by atoms with Crippen LogP contribution in [-0.4, -0.2) is 40.5 Å². The maximum atomic E-state index is 13.5. The SMILES string of the molecule is CCC(C)(C)c1ccc(/C=C/C(=O)Nc2ccc(N3C(=O)c4ccc(-c5ccc6c(c5)C(=O)N(C(C)C)C6=O)cc4C3=O)cc2)cc1. The van der Waals surface area contributed by atoms with Crippen molar-refractivity contribution in [3.05, 3.63) is 124 Å². The van der Waals surface area contributed by atoms with Crippen molar-refractivity contribution in [1.82, 2.24) is 4.90 Å². The maximum Gasteiger partial charge on any atom is 0.266 e. The molecule has 47 heavy (non-hydrogen) atoms. The van der Waals surface area contributed by atoms with Crippen molar-refractivity contribution in [3.63, 3.8) is 0 Å². The summed E-state index contributed by atoms with van der Waals surface area (Å²) in [5.41, 5.74) is 5.62. The topological polar surface area (TPSA) is 104 Å². The standard InChI is InChI=1S/C39H35N3O5/c1-6-39(4,5)27-12-7-24(8-13-27)9-20-34(43)40-28-14-16-29(17-15-28)42-36(45)31-19-11-26(22-33(31)38(42)47)25-10-18-30-32(21-25)37(46)41(23(2)3)35(30)44/h7-23H,6H2,1-5H3,(H,40,43)/b20-9+. The Kier molecular flexibility index (Phi) is 7.97. The molecule has 0 bridgehead atoms. The van der Waals surface area contributed by atoms with Gasteiger partial charge in [0, 0.05) is 17.8 Å². The second-order valence-electron chi connectivity index (χ2n) is 12.8. The van der Waals surface area contributed by atoms with Gasteiger partial charge in [-0.3, -0.25) is 28.9 Å². The number of benzene rings is 4. The average molecular weight is 626 g/mol. The van der Waals surface area contributed by atoms with E-state index < -0.39 is 11.8 Å². The summed E-state index contributed by atoms with van der Waals surface area (Å²) in [6.07, 6.45) is 4.24. The van der Waals surface area contributed by atoms with E-state index in [1.165, 1.54) is 16.5 Å². The van der Waals surface area contributed by atoms with Crippen molar-refractivity contribution in [3.8, 4) is 11.1 Å². The van der Waals surface area contributed by atoms with E-state index in [1.807, 2.05) is 12.1 Å².